The van der Waals surface area contributed by atoms with Crippen LogP contribution in [-0.2, 0) is 0 Å². The lowest BCUT2D eigenvalue weighted by atomic mass is 10.1. The summed E-state index contributed by atoms with van der Waals surface area (Å²) in [5.74, 6) is -0.108. The minimum Gasteiger partial charge on any atom is -0.488 e. The predicted octanol–water partition coefficient (Wildman–Crippen LogP) is 2.87. The van der Waals surface area contributed by atoms with Gasteiger partial charge in [0.1, 0.15) is 23.2 Å². The molecule has 0 radical (unpaired) electrons. The Morgan fingerprint density at radius 1 is 1.36 bits per heavy atom. The molecule has 0 atom stereocenters. The van der Waals surface area contributed by atoms with Crippen LogP contribution in [0.3, 0.4) is 0 Å². The Bertz CT molecular complexity index is 374. The van der Waals surface area contributed by atoms with Crippen molar-refractivity contribution in [2.24, 2.45) is 0 Å². The van der Waals surface area contributed by atoms with Gasteiger partial charge in [-0.1, -0.05) is 0 Å². The lowest BCUT2D eigenvalue weighted by molar-refractivity contribution is 0.130. The first kappa shape index (κ1) is 10.5. The van der Waals surface area contributed by atoms with Gasteiger partial charge in [0.25, 0.3) is 0 Å². The molecule has 1 aromatic carbocycles. The van der Waals surface area contributed by atoms with Crippen LogP contribution in [-0.4, -0.2) is 5.60 Å². The van der Waals surface area contributed by atoms with Crippen molar-refractivity contribution in [3.8, 4) is 11.8 Å². The minimum absolute atomic E-state index is 0.0336. The smallest absolute Gasteiger partial charge is 0.144 e. The first-order valence-electron chi connectivity index (χ1n) is 4.31. The second-order valence-electron chi connectivity index (χ2n) is 3.97. The third-order valence-corrected chi connectivity index (χ3v) is 1.49. The topological polar surface area (TPSA) is 33.0 Å². The van der Waals surface area contributed by atoms with Crippen LogP contribution in [0.4, 0.5) is 4.39 Å². The summed E-state index contributed by atoms with van der Waals surface area (Å²) in [6.45, 7) is 5.63. The van der Waals surface area contributed by atoms with Crippen molar-refractivity contribution in [3.63, 3.8) is 0 Å². The molecule has 74 valence electrons. The van der Waals surface area contributed by atoms with Crippen LogP contribution in [0.25, 0.3) is 0 Å². The number of nitrogens with zero attached hydrogens (tertiary/aromatic N) is 1. The van der Waals surface area contributed by atoms with Gasteiger partial charge in [-0.3, -0.25) is 0 Å². The summed E-state index contributed by atoms with van der Waals surface area (Å²) < 4.78 is 18.6. The van der Waals surface area contributed by atoms with E-state index < -0.39 is 5.82 Å². The monoisotopic (exact) mass is 193 g/mol. The summed E-state index contributed by atoms with van der Waals surface area (Å²) in [7, 11) is 0. The van der Waals surface area contributed by atoms with E-state index in [9.17, 15) is 4.39 Å². The van der Waals surface area contributed by atoms with Crippen molar-refractivity contribution in [1.82, 2.24) is 0 Å². The molecule has 0 amide bonds. The number of benzene rings is 1. The molecule has 0 unspecified atom stereocenters. The fraction of sp³-hybridized carbons (Fsp3) is 0.364. The summed E-state index contributed by atoms with van der Waals surface area (Å²) in [5, 5.41) is 8.51. The second-order valence-corrected chi connectivity index (χ2v) is 3.97. The van der Waals surface area contributed by atoms with Gasteiger partial charge in [-0.05, 0) is 32.9 Å². The lowest BCUT2D eigenvalue weighted by Crippen LogP contribution is -2.22. The van der Waals surface area contributed by atoms with Crippen LogP contribution in [0.15, 0.2) is 18.2 Å². The Morgan fingerprint density at radius 2 is 2.00 bits per heavy atom. The van der Waals surface area contributed by atoms with Crippen LogP contribution in [0, 0.1) is 17.1 Å². The van der Waals surface area contributed by atoms with Gasteiger partial charge in [0, 0.05) is 6.07 Å². The van der Waals surface area contributed by atoms with Crippen LogP contribution < -0.4 is 4.74 Å². The lowest BCUT2D eigenvalue weighted by Gasteiger charge is -2.21. The Kier molecular flexibility index (Phi) is 2.76. The van der Waals surface area contributed by atoms with E-state index in [0.717, 1.165) is 0 Å². The van der Waals surface area contributed by atoms with Crippen molar-refractivity contribution < 1.29 is 9.13 Å². The molecular weight excluding hydrogens is 181 g/mol. The van der Waals surface area contributed by atoms with Crippen molar-refractivity contribution >= 4 is 0 Å². The molecule has 0 heterocycles. The van der Waals surface area contributed by atoms with Crippen LogP contribution >= 0.6 is 0 Å². The first-order chi connectivity index (χ1) is 6.42. The quantitative estimate of drug-likeness (QED) is 0.687. The molecule has 1 aromatic rings. The summed E-state index contributed by atoms with van der Waals surface area (Å²) in [6.07, 6.45) is 0. The molecule has 2 nitrogen and oxygen atoms in total. The molecule has 3 heteroatoms. The van der Waals surface area contributed by atoms with Gasteiger partial charge in [0.2, 0.25) is 0 Å². The number of rotatable bonds is 1. The zero-order valence-electron chi connectivity index (χ0n) is 8.47. The molecule has 0 N–H and O–H groups in total. The standard InChI is InChI=1S/C11H12FNO/c1-11(2,3)14-9-5-4-8(7-13)10(12)6-9/h4-6H,1-3H3. The zero-order chi connectivity index (χ0) is 10.8. The van der Waals surface area contributed by atoms with Gasteiger partial charge < -0.3 is 4.74 Å². The number of ether oxygens (including phenoxy) is 1. The molecule has 0 aliphatic heterocycles. The molecular formula is C11H12FNO. The van der Waals surface area contributed by atoms with Crippen LogP contribution in [0.1, 0.15) is 26.3 Å². The third kappa shape index (κ3) is 2.74. The molecule has 0 saturated heterocycles. The normalized spacial score (nSPS) is 10.8. The molecule has 0 saturated carbocycles. The molecule has 0 spiro atoms. The van der Waals surface area contributed by atoms with E-state index in [-0.39, 0.29) is 11.2 Å². The maximum absolute atomic E-state index is 13.1. The van der Waals surface area contributed by atoms with Gasteiger partial charge >= 0.3 is 0 Å². The second kappa shape index (κ2) is 3.67. The highest BCUT2D eigenvalue weighted by Crippen LogP contribution is 2.20. The van der Waals surface area contributed by atoms with E-state index in [1.54, 1.807) is 12.1 Å². The van der Waals surface area contributed by atoms with Gasteiger partial charge in [0.15, 0.2) is 0 Å². The number of hydrogen-bond acceptors (Lipinski definition) is 2. The molecule has 0 aliphatic rings. The number of hydrogen-bond donors (Lipinski definition) is 0. The van der Waals surface area contributed by atoms with E-state index in [2.05, 4.69) is 0 Å². The molecule has 0 fully saturated rings. The van der Waals surface area contributed by atoms with Gasteiger partial charge in [-0.15, -0.1) is 0 Å². The molecule has 0 aliphatic carbocycles. The highest BCUT2D eigenvalue weighted by Gasteiger charge is 2.12. The highest BCUT2D eigenvalue weighted by molar-refractivity contribution is 5.36. The average molecular weight is 193 g/mol. The van der Waals surface area contributed by atoms with Crippen LogP contribution in [0.5, 0.6) is 5.75 Å². The van der Waals surface area contributed by atoms with E-state index in [1.807, 2.05) is 20.8 Å². The molecule has 0 aromatic heterocycles. The Labute approximate surface area is 82.9 Å². The Morgan fingerprint density at radius 3 is 2.43 bits per heavy atom. The van der Waals surface area contributed by atoms with Crippen molar-refractivity contribution in [1.29, 1.82) is 5.26 Å². The van der Waals surface area contributed by atoms with E-state index in [4.69, 9.17) is 10.00 Å². The number of nitriles is 1. The van der Waals surface area contributed by atoms with Gasteiger partial charge in [0.05, 0.1) is 5.56 Å². The fourth-order valence-corrected chi connectivity index (χ4v) is 1.00. The van der Waals surface area contributed by atoms with E-state index in [0.29, 0.717) is 5.75 Å². The van der Waals surface area contributed by atoms with E-state index >= 15 is 0 Å². The Hall–Kier alpha value is -1.56. The van der Waals surface area contributed by atoms with Crippen LogP contribution in [0.2, 0.25) is 0 Å². The average Bonchev–Trinajstić information content (AvgIpc) is 2.01. The summed E-state index contributed by atoms with van der Waals surface area (Å²) >= 11 is 0. The summed E-state index contributed by atoms with van der Waals surface area (Å²) in [5.41, 5.74) is -0.327. The number of halogens is 1. The first-order valence-corrected chi connectivity index (χ1v) is 4.31. The van der Waals surface area contributed by atoms with Crippen molar-refractivity contribution in [2.45, 2.75) is 26.4 Å². The maximum Gasteiger partial charge on any atom is 0.144 e. The summed E-state index contributed by atoms with van der Waals surface area (Å²) in [4.78, 5) is 0. The molecule has 1 rings (SSSR count). The predicted molar refractivity (Wildman–Crippen MR) is 51.5 cm³/mol. The maximum atomic E-state index is 13.1. The van der Waals surface area contributed by atoms with Gasteiger partial charge in [-0.2, -0.15) is 5.26 Å². The summed E-state index contributed by atoms with van der Waals surface area (Å²) in [6, 6.07) is 5.98. The van der Waals surface area contributed by atoms with Gasteiger partial charge in [-0.25, -0.2) is 4.39 Å². The third-order valence-electron chi connectivity index (χ3n) is 1.49. The molecule has 0 bridgehead atoms. The zero-order valence-corrected chi connectivity index (χ0v) is 8.47. The SMILES string of the molecule is CC(C)(C)Oc1ccc(C#N)c(F)c1. The Balaban J connectivity index is 2.94. The van der Waals surface area contributed by atoms with Crippen molar-refractivity contribution in [2.75, 3.05) is 0 Å². The minimum atomic E-state index is -0.547. The fourth-order valence-electron chi connectivity index (χ4n) is 1.00. The highest BCUT2D eigenvalue weighted by atomic mass is 19.1. The molecule has 14 heavy (non-hydrogen) atoms. The largest absolute Gasteiger partial charge is 0.488 e. The van der Waals surface area contributed by atoms with Crippen molar-refractivity contribution in [3.05, 3.63) is 29.6 Å². The van der Waals surface area contributed by atoms with E-state index in [1.165, 1.54) is 12.1 Å².